The number of likely N-dealkylation sites (N-methyl/N-ethyl adjacent to an activating group) is 1. The third-order valence-electron chi connectivity index (χ3n) is 8.46. The van der Waals surface area contributed by atoms with Crippen molar-refractivity contribution in [2.45, 2.75) is 33.7 Å². The highest BCUT2D eigenvalue weighted by Crippen LogP contribution is 2.40. The molecule has 6 rings (SSSR count). The highest BCUT2D eigenvalue weighted by Gasteiger charge is 2.36. The molecule has 1 aliphatic rings. The second kappa shape index (κ2) is 12.3. The predicted octanol–water partition coefficient (Wildman–Crippen LogP) is 5.53. The van der Waals surface area contributed by atoms with E-state index < -0.39 is 12.0 Å². The number of carbonyl (C=O) groups is 2. The molecular formula is C36H33N3O6S. The van der Waals surface area contributed by atoms with Crippen LogP contribution in [0.4, 0.5) is 0 Å². The van der Waals surface area contributed by atoms with E-state index in [1.165, 1.54) is 11.3 Å². The number of methoxy groups -OCH3 is 1. The summed E-state index contributed by atoms with van der Waals surface area (Å²) in [6.45, 7) is 8.41. The third-order valence-corrected chi connectivity index (χ3v) is 9.44. The Hall–Kier alpha value is -5.22. The van der Waals surface area contributed by atoms with Gasteiger partial charge in [0.2, 0.25) is 0 Å². The van der Waals surface area contributed by atoms with Gasteiger partial charge in [0.25, 0.3) is 11.5 Å². The monoisotopic (exact) mass is 635 g/mol. The van der Waals surface area contributed by atoms with Crippen molar-refractivity contribution in [2.75, 3.05) is 20.2 Å². The van der Waals surface area contributed by atoms with Gasteiger partial charge in [-0.1, -0.05) is 53.8 Å². The SMILES string of the molecule is CCN(CC)C(=O)C1=C(C)N=c2s/c(=C/c3ccc(-c4cccc(C(=O)O)c4C)o3)c(=O)n2[C@@H]1c1c(OC)ccc2ccccc12. The number of amides is 1. The number of aromatic carboxylic acids is 1. The van der Waals surface area contributed by atoms with Crippen LogP contribution in [0.5, 0.6) is 5.75 Å². The lowest BCUT2D eigenvalue weighted by atomic mass is 9.90. The van der Waals surface area contributed by atoms with Gasteiger partial charge in [-0.25, -0.2) is 9.79 Å². The number of hydrogen-bond acceptors (Lipinski definition) is 7. The minimum absolute atomic E-state index is 0.185. The van der Waals surface area contributed by atoms with Gasteiger partial charge in [-0.15, -0.1) is 0 Å². The molecule has 2 aromatic heterocycles. The third kappa shape index (κ3) is 5.14. The highest BCUT2D eigenvalue weighted by molar-refractivity contribution is 7.07. The number of hydrogen-bond donors (Lipinski definition) is 1. The topological polar surface area (TPSA) is 114 Å². The van der Waals surface area contributed by atoms with E-state index in [0.717, 1.165) is 10.8 Å². The van der Waals surface area contributed by atoms with E-state index in [4.69, 9.17) is 14.1 Å². The standard InChI is InChI=1S/C36H33N3O6S/c1-6-38(7-2)34(41)30-21(4)37-36-39(32(30)31-26-12-9-8-11-22(26)15-17-28(31)44-5)33(40)29(46-36)19-23-16-18-27(45-23)24-13-10-14-25(20(24)3)35(42)43/h8-19,32H,6-7H2,1-5H3,(H,42,43)/b29-19+/t32-/m0/s1. The summed E-state index contributed by atoms with van der Waals surface area (Å²) >= 11 is 1.22. The Labute approximate surface area is 269 Å². The zero-order valence-corrected chi connectivity index (χ0v) is 27.0. The number of aromatic nitrogens is 1. The van der Waals surface area contributed by atoms with Crippen molar-refractivity contribution in [2.24, 2.45) is 4.99 Å². The normalized spacial score (nSPS) is 14.7. The van der Waals surface area contributed by atoms with Gasteiger partial charge in [-0.05, 0) is 68.3 Å². The maximum atomic E-state index is 14.4. The number of rotatable bonds is 8. The molecule has 0 saturated carbocycles. The molecule has 0 bridgehead atoms. The van der Waals surface area contributed by atoms with Crippen molar-refractivity contribution >= 4 is 40.1 Å². The highest BCUT2D eigenvalue weighted by atomic mass is 32.1. The van der Waals surface area contributed by atoms with Crippen LogP contribution in [0.1, 0.15) is 54.1 Å². The molecule has 3 aromatic carbocycles. The lowest BCUT2D eigenvalue weighted by Gasteiger charge is -2.30. The lowest BCUT2D eigenvalue weighted by Crippen LogP contribution is -2.43. The molecule has 0 fully saturated rings. The van der Waals surface area contributed by atoms with Crippen LogP contribution < -0.4 is 19.6 Å². The first-order valence-electron chi connectivity index (χ1n) is 15.0. The zero-order chi connectivity index (χ0) is 32.7. The van der Waals surface area contributed by atoms with E-state index >= 15 is 0 Å². The molecule has 0 spiro atoms. The summed E-state index contributed by atoms with van der Waals surface area (Å²) in [6, 6.07) is 19.4. The number of nitrogens with zero attached hydrogens (tertiary/aromatic N) is 3. The molecule has 1 N–H and O–H groups in total. The van der Waals surface area contributed by atoms with Crippen LogP contribution in [0.2, 0.25) is 0 Å². The fourth-order valence-corrected chi connectivity index (χ4v) is 7.15. The number of carboxylic acids is 1. The number of carboxylic acid groups (broad SMARTS) is 1. The fraction of sp³-hybridized carbons (Fsp3) is 0.222. The molecule has 1 amide bonds. The molecule has 46 heavy (non-hydrogen) atoms. The fourth-order valence-electron chi connectivity index (χ4n) is 6.12. The molecule has 0 unspecified atom stereocenters. The Morgan fingerprint density at radius 2 is 1.80 bits per heavy atom. The van der Waals surface area contributed by atoms with Crippen LogP contribution >= 0.6 is 11.3 Å². The molecular weight excluding hydrogens is 602 g/mol. The van der Waals surface area contributed by atoms with Gasteiger partial charge in [0.15, 0.2) is 4.80 Å². The van der Waals surface area contributed by atoms with Gasteiger partial charge in [0.05, 0.1) is 28.5 Å². The van der Waals surface area contributed by atoms with E-state index in [2.05, 4.69) is 0 Å². The van der Waals surface area contributed by atoms with Crippen molar-refractivity contribution in [3.8, 4) is 17.1 Å². The Morgan fingerprint density at radius 3 is 2.52 bits per heavy atom. The number of benzene rings is 3. The smallest absolute Gasteiger partial charge is 0.335 e. The van der Waals surface area contributed by atoms with E-state index in [1.54, 1.807) is 59.9 Å². The average molecular weight is 636 g/mol. The molecule has 10 heteroatoms. The number of ether oxygens (including phenoxy) is 1. The summed E-state index contributed by atoms with van der Waals surface area (Å²) in [5.74, 6) is 0.275. The van der Waals surface area contributed by atoms with E-state index in [1.807, 2.05) is 57.2 Å². The molecule has 9 nitrogen and oxygen atoms in total. The second-order valence-electron chi connectivity index (χ2n) is 10.9. The molecule has 0 radical (unpaired) electrons. The maximum absolute atomic E-state index is 14.4. The van der Waals surface area contributed by atoms with Crippen molar-refractivity contribution in [1.82, 2.24) is 9.47 Å². The molecule has 5 aromatic rings. The minimum atomic E-state index is -1.02. The van der Waals surface area contributed by atoms with Crippen LogP contribution in [0.15, 0.2) is 92.2 Å². The summed E-state index contributed by atoms with van der Waals surface area (Å²) in [4.78, 5) is 47.2. The van der Waals surface area contributed by atoms with Crippen molar-refractivity contribution in [3.63, 3.8) is 0 Å². The minimum Gasteiger partial charge on any atom is -0.496 e. The molecule has 0 aliphatic carbocycles. The first-order chi connectivity index (χ1) is 22.2. The largest absolute Gasteiger partial charge is 0.496 e. The Kier molecular flexibility index (Phi) is 8.22. The summed E-state index contributed by atoms with van der Waals surface area (Å²) in [5, 5.41) is 11.4. The number of carbonyl (C=O) groups excluding carboxylic acids is 1. The van der Waals surface area contributed by atoms with Gasteiger partial charge >= 0.3 is 5.97 Å². The van der Waals surface area contributed by atoms with Gasteiger partial charge in [-0.3, -0.25) is 14.2 Å². The van der Waals surface area contributed by atoms with Gasteiger partial charge in [0, 0.05) is 30.3 Å². The number of furan rings is 1. The Balaban J connectivity index is 1.56. The van der Waals surface area contributed by atoms with Crippen LogP contribution in [-0.2, 0) is 4.79 Å². The van der Waals surface area contributed by atoms with E-state index in [9.17, 15) is 19.5 Å². The van der Waals surface area contributed by atoms with Gasteiger partial charge in [-0.2, -0.15) is 0 Å². The zero-order valence-electron chi connectivity index (χ0n) is 26.2. The molecule has 0 saturated heterocycles. The second-order valence-corrected chi connectivity index (χ2v) is 12.0. The quantitative estimate of drug-likeness (QED) is 0.240. The number of thiazole rings is 1. The van der Waals surface area contributed by atoms with Gasteiger partial charge in [0.1, 0.15) is 23.3 Å². The summed E-state index contributed by atoms with van der Waals surface area (Å²) in [5.41, 5.74) is 2.79. The molecule has 1 aliphatic heterocycles. The lowest BCUT2D eigenvalue weighted by molar-refractivity contribution is -0.127. The number of allylic oxidation sites excluding steroid dienone is 1. The average Bonchev–Trinajstić information content (AvgIpc) is 3.64. The van der Waals surface area contributed by atoms with Crippen LogP contribution in [0.25, 0.3) is 28.2 Å². The molecule has 3 heterocycles. The first-order valence-corrected chi connectivity index (χ1v) is 15.8. The van der Waals surface area contributed by atoms with E-state index in [-0.39, 0.29) is 17.0 Å². The van der Waals surface area contributed by atoms with Crippen molar-refractivity contribution < 1.29 is 23.8 Å². The molecule has 1 atom stereocenters. The van der Waals surface area contributed by atoms with Crippen LogP contribution in [0, 0.1) is 6.92 Å². The van der Waals surface area contributed by atoms with Crippen molar-refractivity contribution in [3.05, 3.63) is 120 Å². The predicted molar refractivity (Wildman–Crippen MR) is 178 cm³/mol. The van der Waals surface area contributed by atoms with Gasteiger partial charge < -0.3 is 19.2 Å². The summed E-state index contributed by atoms with van der Waals surface area (Å²) in [7, 11) is 1.59. The van der Waals surface area contributed by atoms with E-state index in [0.29, 0.717) is 67.7 Å². The molecule has 234 valence electrons. The summed E-state index contributed by atoms with van der Waals surface area (Å²) < 4.78 is 14.0. The van der Waals surface area contributed by atoms with Crippen LogP contribution in [0.3, 0.4) is 0 Å². The van der Waals surface area contributed by atoms with Crippen molar-refractivity contribution in [1.29, 1.82) is 0 Å². The maximum Gasteiger partial charge on any atom is 0.335 e. The first kappa shape index (κ1) is 30.8. The Morgan fingerprint density at radius 1 is 1.04 bits per heavy atom. The summed E-state index contributed by atoms with van der Waals surface area (Å²) in [6.07, 6.45) is 1.66. The Bertz CT molecular complexity index is 2240. The van der Waals surface area contributed by atoms with Crippen LogP contribution in [-0.4, -0.2) is 46.6 Å². The number of fused-ring (bicyclic) bond motifs is 2.